The van der Waals surface area contributed by atoms with Crippen LogP contribution in [-0.2, 0) is 6.54 Å². The van der Waals surface area contributed by atoms with E-state index in [1.54, 1.807) is 0 Å². The minimum Gasteiger partial charge on any atom is -0.309 e. The van der Waals surface area contributed by atoms with Gasteiger partial charge in [-0.2, -0.15) is 0 Å². The normalized spacial score (nSPS) is 15.9. The number of hydrogen-bond acceptors (Lipinski definition) is 2. The largest absolute Gasteiger partial charge is 0.326 e. The molecule has 0 aliphatic carbocycles. The van der Waals surface area contributed by atoms with Gasteiger partial charge in [0.1, 0.15) is 0 Å². The second-order valence-electron chi connectivity index (χ2n) is 7.28. The number of likely N-dealkylation sites (tertiary alicyclic amines) is 1. The molecule has 3 aromatic rings. The van der Waals surface area contributed by atoms with Gasteiger partial charge in [-0.15, -0.1) is 0 Å². The first-order valence-corrected chi connectivity index (χ1v) is 10.2. The summed E-state index contributed by atoms with van der Waals surface area (Å²) in [5.74, 6) is 0. The van der Waals surface area contributed by atoms with E-state index in [1.807, 2.05) is 29.7 Å². The van der Waals surface area contributed by atoms with Gasteiger partial charge in [-0.05, 0) is 37.5 Å². The highest BCUT2D eigenvalue weighted by atomic mass is 79.9. The van der Waals surface area contributed by atoms with E-state index >= 15 is 0 Å². The molecule has 0 atom stereocenters. The van der Waals surface area contributed by atoms with Gasteiger partial charge in [-0.3, -0.25) is 9.47 Å². The fourth-order valence-corrected chi connectivity index (χ4v) is 4.54. The maximum atomic E-state index is 12.6. The Morgan fingerprint density at radius 1 is 1.07 bits per heavy atom. The van der Waals surface area contributed by atoms with Gasteiger partial charge < -0.3 is 4.98 Å². The Morgan fingerprint density at radius 2 is 1.81 bits per heavy atom. The molecule has 1 N–H and O–H groups in total. The average molecular weight is 426 g/mol. The predicted molar refractivity (Wildman–Crippen MR) is 113 cm³/mol. The van der Waals surface area contributed by atoms with E-state index in [-0.39, 0.29) is 11.7 Å². The van der Waals surface area contributed by atoms with Gasteiger partial charge in [0.25, 0.3) is 0 Å². The Kier molecular flexibility index (Phi) is 5.32. The molecule has 1 aliphatic heterocycles. The number of nitrogens with one attached hydrogen (secondary N) is 1. The van der Waals surface area contributed by atoms with Gasteiger partial charge in [0.2, 0.25) is 0 Å². The molecule has 27 heavy (non-hydrogen) atoms. The van der Waals surface area contributed by atoms with Crippen molar-refractivity contribution >= 4 is 15.9 Å². The van der Waals surface area contributed by atoms with E-state index < -0.39 is 0 Å². The van der Waals surface area contributed by atoms with Gasteiger partial charge in [-0.1, -0.05) is 58.4 Å². The molecule has 4 nitrogen and oxygen atoms in total. The molecule has 0 unspecified atom stereocenters. The number of rotatable bonds is 4. The molecule has 1 aromatic heterocycles. The number of piperidine rings is 1. The fourth-order valence-electron chi connectivity index (χ4n) is 4.09. The molecule has 1 saturated heterocycles. The predicted octanol–water partition coefficient (Wildman–Crippen LogP) is 4.75. The number of benzene rings is 2. The summed E-state index contributed by atoms with van der Waals surface area (Å²) in [7, 11) is 0. The van der Waals surface area contributed by atoms with Crippen molar-refractivity contribution < 1.29 is 0 Å². The minimum atomic E-state index is 0.0109. The molecular formula is C22H24BrN3O. The summed E-state index contributed by atoms with van der Waals surface area (Å²) >= 11 is 3.55. The average Bonchev–Trinajstić information content (AvgIpc) is 2.97. The highest BCUT2D eigenvalue weighted by molar-refractivity contribution is 9.10. The lowest BCUT2D eigenvalue weighted by atomic mass is 10.0. The molecule has 1 aliphatic rings. The maximum absolute atomic E-state index is 12.6. The smallest absolute Gasteiger partial charge is 0.309 e. The summed E-state index contributed by atoms with van der Waals surface area (Å²) < 4.78 is 3.11. The third-order valence-electron chi connectivity index (χ3n) is 5.37. The van der Waals surface area contributed by atoms with Crippen LogP contribution in [0.3, 0.4) is 0 Å². The third-order valence-corrected chi connectivity index (χ3v) is 5.87. The number of imidazole rings is 1. The quantitative estimate of drug-likeness (QED) is 0.654. The topological polar surface area (TPSA) is 41.0 Å². The SMILES string of the molecule is Cc1[nH]c(=O)n(C2CCN(Cc3cccc(Br)c3)CC2)c1-c1ccccc1. The van der Waals surface area contributed by atoms with Crippen LogP contribution in [-0.4, -0.2) is 27.5 Å². The Morgan fingerprint density at radius 3 is 2.52 bits per heavy atom. The third kappa shape index (κ3) is 3.94. The lowest BCUT2D eigenvalue weighted by Gasteiger charge is -2.33. The standard InChI is InChI=1S/C22H24BrN3O/c1-16-21(18-7-3-2-4-8-18)26(22(27)24-16)20-10-12-25(13-11-20)15-17-6-5-9-19(23)14-17/h2-9,14,20H,10-13,15H2,1H3,(H,24,27). The molecule has 5 heteroatoms. The van der Waals surface area contributed by atoms with Crippen molar-refractivity contribution in [2.24, 2.45) is 0 Å². The van der Waals surface area contributed by atoms with Crippen LogP contribution < -0.4 is 5.69 Å². The van der Waals surface area contributed by atoms with Gasteiger partial charge >= 0.3 is 5.69 Å². The van der Waals surface area contributed by atoms with Gasteiger partial charge in [-0.25, -0.2) is 4.79 Å². The van der Waals surface area contributed by atoms with Gasteiger partial charge in [0.05, 0.1) is 5.69 Å². The first-order valence-electron chi connectivity index (χ1n) is 9.45. The maximum Gasteiger partial charge on any atom is 0.326 e. The molecule has 0 saturated carbocycles. The number of aromatic nitrogens is 2. The molecule has 0 spiro atoms. The second kappa shape index (κ2) is 7.87. The van der Waals surface area contributed by atoms with Crippen LogP contribution in [0.1, 0.15) is 30.1 Å². The Bertz CT molecular complexity index is 969. The molecular weight excluding hydrogens is 402 g/mol. The van der Waals surface area contributed by atoms with Gasteiger partial charge in [0.15, 0.2) is 0 Å². The zero-order valence-electron chi connectivity index (χ0n) is 15.5. The molecule has 1 fully saturated rings. The summed E-state index contributed by atoms with van der Waals surface area (Å²) in [6.07, 6.45) is 1.98. The van der Waals surface area contributed by atoms with Crippen LogP contribution in [0.2, 0.25) is 0 Å². The molecule has 0 radical (unpaired) electrons. The van der Waals surface area contributed by atoms with Crippen LogP contribution in [0.15, 0.2) is 63.9 Å². The Hall–Kier alpha value is -2.11. The highest BCUT2D eigenvalue weighted by Gasteiger charge is 2.25. The minimum absolute atomic E-state index is 0.0109. The number of nitrogens with zero attached hydrogens (tertiary/aromatic N) is 2. The highest BCUT2D eigenvalue weighted by Crippen LogP contribution is 2.29. The van der Waals surface area contributed by atoms with Gasteiger partial charge in [0, 0.05) is 41.4 Å². The zero-order chi connectivity index (χ0) is 18.8. The molecule has 0 amide bonds. The lowest BCUT2D eigenvalue weighted by Crippen LogP contribution is -2.36. The summed E-state index contributed by atoms with van der Waals surface area (Å²) in [5, 5.41) is 0. The van der Waals surface area contributed by atoms with Crippen molar-refractivity contribution in [3.63, 3.8) is 0 Å². The van der Waals surface area contributed by atoms with Crippen molar-refractivity contribution in [2.45, 2.75) is 32.4 Å². The van der Waals surface area contributed by atoms with Crippen molar-refractivity contribution in [1.29, 1.82) is 0 Å². The number of hydrogen-bond donors (Lipinski definition) is 1. The van der Waals surface area contributed by atoms with E-state index in [4.69, 9.17) is 0 Å². The van der Waals surface area contributed by atoms with Crippen LogP contribution in [0.5, 0.6) is 0 Å². The number of aryl methyl sites for hydroxylation is 1. The summed E-state index contributed by atoms with van der Waals surface area (Å²) in [5.41, 5.74) is 4.41. The second-order valence-corrected chi connectivity index (χ2v) is 8.19. The zero-order valence-corrected chi connectivity index (χ0v) is 17.1. The molecule has 140 valence electrons. The number of aromatic amines is 1. The molecule has 2 heterocycles. The van der Waals surface area contributed by atoms with E-state index in [1.165, 1.54) is 5.56 Å². The van der Waals surface area contributed by atoms with Crippen molar-refractivity contribution in [3.05, 3.63) is 80.8 Å². The van der Waals surface area contributed by atoms with Crippen LogP contribution in [0.25, 0.3) is 11.3 Å². The summed E-state index contributed by atoms with van der Waals surface area (Å²) in [4.78, 5) is 18.1. The number of halogens is 1. The van der Waals surface area contributed by atoms with Crippen molar-refractivity contribution in [2.75, 3.05) is 13.1 Å². The van der Waals surface area contributed by atoms with E-state index in [9.17, 15) is 4.79 Å². The van der Waals surface area contributed by atoms with E-state index in [0.717, 1.165) is 53.9 Å². The molecule has 0 bridgehead atoms. The summed E-state index contributed by atoms with van der Waals surface area (Å²) in [6, 6.07) is 19.0. The van der Waals surface area contributed by atoms with Crippen LogP contribution in [0, 0.1) is 6.92 Å². The van der Waals surface area contributed by atoms with Crippen molar-refractivity contribution in [1.82, 2.24) is 14.5 Å². The van der Waals surface area contributed by atoms with Crippen molar-refractivity contribution in [3.8, 4) is 11.3 Å². The van der Waals surface area contributed by atoms with Crippen LogP contribution in [0.4, 0.5) is 0 Å². The first-order chi connectivity index (χ1) is 13.1. The lowest BCUT2D eigenvalue weighted by molar-refractivity contribution is 0.178. The van der Waals surface area contributed by atoms with E-state index in [0.29, 0.717) is 0 Å². The Balaban J connectivity index is 1.51. The van der Waals surface area contributed by atoms with Crippen LogP contribution >= 0.6 is 15.9 Å². The fraction of sp³-hybridized carbons (Fsp3) is 0.318. The monoisotopic (exact) mass is 425 g/mol. The van der Waals surface area contributed by atoms with E-state index in [2.05, 4.69) is 62.2 Å². The summed E-state index contributed by atoms with van der Waals surface area (Å²) in [6.45, 7) is 4.95. The Labute approximate surface area is 168 Å². The molecule has 2 aromatic carbocycles. The molecule has 4 rings (SSSR count). The first kappa shape index (κ1) is 18.3. The number of H-pyrrole nitrogens is 1.